The topological polar surface area (TPSA) is 62.4 Å². The molecule has 1 fully saturated rings. The van der Waals surface area contributed by atoms with E-state index in [1.54, 1.807) is 0 Å². The van der Waals surface area contributed by atoms with Crippen LogP contribution >= 0.6 is 0 Å². The predicted octanol–water partition coefficient (Wildman–Crippen LogP) is 0.604. The average molecular weight is 184 g/mol. The molecule has 1 saturated carbocycles. The first-order valence-electron chi connectivity index (χ1n) is 4.85. The van der Waals surface area contributed by atoms with Crippen LogP contribution in [-0.4, -0.2) is 18.0 Å². The Morgan fingerprint density at radius 1 is 1.54 bits per heavy atom. The number of hydrogen-bond acceptors (Lipinski definition) is 2. The highest BCUT2D eigenvalue weighted by atomic mass is 15.3. The predicted molar refractivity (Wildman–Crippen MR) is 55.2 cm³/mol. The van der Waals surface area contributed by atoms with Crippen molar-refractivity contribution in [2.24, 2.45) is 16.8 Å². The summed E-state index contributed by atoms with van der Waals surface area (Å²) >= 11 is 0. The molecule has 0 aromatic carbocycles. The molecule has 4 N–H and O–H groups in total. The number of nitrogens with one attached hydrogen (secondary N) is 2. The van der Waals surface area contributed by atoms with Crippen molar-refractivity contribution in [3.05, 3.63) is 0 Å². The Morgan fingerprint density at radius 2 is 2.15 bits per heavy atom. The molecular formula is C9H20N4. The number of nitrogens with zero attached hydrogens (tertiary/aromatic N) is 1. The lowest BCUT2D eigenvalue weighted by molar-refractivity contribution is 0.624. The molecule has 0 aromatic heterocycles. The Labute approximate surface area is 80.0 Å². The van der Waals surface area contributed by atoms with Crippen LogP contribution < -0.4 is 16.6 Å². The van der Waals surface area contributed by atoms with Crippen LogP contribution in [0.2, 0.25) is 0 Å². The highest BCUT2D eigenvalue weighted by molar-refractivity contribution is 5.80. The van der Waals surface area contributed by atoms with Gasteiger partial charge in [0.2, 0.25) is 5.96 Å². The van der Waals surface area contributed by atoms with Crippen molar-refractivity contribution in [1.29, 1.82) is 0 Å². The number of guanidine groups is 1. The summed E-state index contributed by atoms with van der Waals surface area (Å²) in [6, 6.07) is 0. The van der Waals surface area contributed by atoms with Crippen LogP contribution in [0.3, 0.4) is 0 Å². The van der Waals surface area contributed by atoms with Crippen molar-refractivity contribution < 1.29 is 0 Å². The lowest BCUT2D eigenvalue weighted by Crippen LogP contribution is -2.46. The minimum Gasteiger partial charge on any atom is -0.350 e. The first-order chi connectivity index (χ1) is 6.06. The Balaban J connectivity index is 2.37. The van der Waals surface area contributed by atoms with E-state index in [1.165, 1.54) is 12.8 Å². The maximum absolute atomic E-state index is 5.35. The highest BCUT2D eigenvalue weighted by Crippen LogP contribution is 2.33. The number of aliphatic imine (C=N–C) groups is 1. The lowest BCUT2D eigenvalue weighted by Gasteiger charge is -2.15. The van der Waals surface area contributed by atoms with Crippen LogP contribution in [0.5, 0.6) is 0 Å². The average Bonchev–Trinajstić information content (AvgIpc) is 2.77. The van der Waals surface area contributed by atoms with E-state index in [0.29, 0.717) is 11.9 Å². The molecular weight excluding hydrogens is 164 g/mol. The molecule has 0 amide bonds. The molecule has 4 nitrogen and oxygen atoms in total. The van der Waals surface area contributed by atoms with Gasteiger partial charge in [-0.05, 0) is 25.7 Å². The molecule has 0 aromatic rings. The first-order valence-corrected chi connectivity index (χ1v) is 4.85. The van der Waals surface area contributed by atoms with Crippen LogP contribution in [0.15, 0.2) is 4.99 Å². The molecule has 0 saturated heterocycles. The second-order valence-electron chi connectivity index (χ2n) is 4.41. The van der Waals surface area contributed by atoms with E-state index in [1.807, 2.05) is 0 Å². The Morgan fingerprint density at radius 3 is 2.54 bits per heavy atom. The number of hydrogen-bond donors (Lipinski definition) is 3. The minimum atomic E-state index is 0.238. The van der Waals surface area contributed by atoms with Crippen molar-refractivity contribution >= 4 is 5.96 Å². The van der Waals surface area contributed by atoms with Gasteiger partial charge >= 0.3 is 0 Å². The SMILES string of the molecule is CC(C)CN=C(NN)NC1(C)CC1. The zero-order valence-electron chi connectivity index (χ0n) is 8.72. The van der Waals surface area contributed by atoms with Gasteiger partial charge in [0, 0.05) is 12.1 Å². The Hall–Kier alpha value is -0.770. The van der Waals surface area contributed by atoms with Gasteiger partial charge in [0.05, 0.1) is 0 Å². The zero-order valence-corrected chi connectivity index (χ0v) is 8.72. The number of nitrogens with two attached hydrogens (primary N) is 1. The van der Waals surface area contributed by atoms with E-state index in [9.17, 15) is 0 Å². The quantitative estimate of drug-likeness (QED) is 0.260. The molecule has 4 heteroatoms. The van der Waals surface area contributed by atoms with E-state index in [-0.39, 0.29) is 5.54 Å². The molecule has 1 aliphatic carbocycles. The fourth-order valence-corrected chi connectivity index (χ4v) is 0.993. The van der Waals surface area contributed by atoms with Crippen molar-refractivity contribution in [3.8, 4) is 0 Å². The molecule has 0 spiro atoms. The highest BCUT2D eigenvalue weighted by Gasteiger charge is 2.37. The van der Waals surface area contributed by atoms with E-state index in [4.69, 9.17) is 5.84 Å². The summed E-state index contributed by atoms with van der Waals surface area (Å²) in [5.41, 5.74) is 2.83. The molecule has 76 valence electrons. The maximum Gasteiger partial charge on any atom is 0.206 e. The fraction of sp³-hybridized carbons (Fsp3) is 0.889. The van der Waals surface area contributed by atoms with E-state index in [0.717, 1.165) is 6.54 Å². The van der Waals surface area contributed by atoms with Crippen LogP contribution in [0.4, 0.5) is 0 Å². The van der Waals surface area contributed by atoms with Crippen LogP contribution in [-0.2, 0) is 0 Å². The number of hydrazine groups is 1. The van der Waals surface area contributed by atoms with Gasteiger partial charge < -0.3 is 5.32 Å². The van der Waals surface area contributed by atoms with Crippen LogP contribution in [0.1, 0.15) is 33.6 Å². The Kier molecular flexibility index (Phi) is 3.14. The monoisotopic (exact) mass is 184 g/mol. The summed E-state index contributed by atoms with van der Waals surface area (Å²) < 4.78 is 0. The molecule has 1 rings (SSSR count). The maximum atomic E-state index is 5.35. The summed E-state index contributed by atoms with van der Waals surface area (Å²) in [4.78, 5) is 4.34. The second-order valence-corrected chi connectivity index (χ2v) is 4.41. The first kappa shape index (κ1) is 10.3. The van der Waals surface area contributed by atoms with Gasteiger partial charge in [0.25, 0.3) is 0 Å². The molecule has 1 aliphatic rings. The van der Waals surface area contributed by atoms with Crippen LogP contribution in [0.25, 0.3) is 0 Å². The third kappa shape index (κ3) is 3.63. The summed E-state index contributed by atoms with van der Waals surface area (Å²) in [5, 5.41) is 3.29. The molecule has 0 atom stereocenters. The molecule has 0 aliphatic heterocycles. The van der Waals surface area contributed by atoms with Gasteiger partial charge in [-0.1, -0.05) is 13.8 Å². The van der Waals surface area contributed by atoms with Gasteiger partial charge in [-0.25, -0.2) is 5.84 Å². The third-order valence-electron chi connectivity index (χ3n) is 2.17. The van der Waals surface area contributed by atoms with E-state index >= 15 is 0 Å². The molecule has 0 bridgehead atoms. The van der Waals surface area contributed by atoms with Gasteiger partial charge in [0.15, 0.2) is 0 Å². The van der Waals surface area contributed by atoms with Crippen molar-refractivity contribution in [2.45, 2.75) is 39.2 Å². The van der Waals surface area contributed by atoms with E-state index in [2.05, 4.69) is 36.5 Å². The normalized spacial score (nSPS) is 20.2. The Bertz CT molecular complexity index is 194. The largest absolute Gasteiger partial charge is 0.350 e. The molecule has 0 radical (unpaired) electrons. The summed E-state index contributed by atoms with van der Waals surface area (Å²) in [6.07, 6.45) is 2.41. The lowest BCUT2D eigenvalue weighted by atomic mass is 10.2. The molecule has 13 heavy (non-hydrogen) atoms. The summed E-state index contributed by atoms with van der Waals surface area (Å²) in [7, 11) is 0. The standard InChI is InChI=1S/C9H20N4/c1-7(2)6-11-8(13-10)12-9(3)4-5-9/h7H,4-6,10H2,1-3H3,(H2,11,12,13). The minimum absolute atomic E-state index is 0.238. The molecule has 0 heterocycles. The summed E-state index contributed by atoms with van der Waals surface area (Å²) in [5.74, 6) is 6.63. The number of rotatable bonds is 3. The van der Waals surface area contributed by atoms with E-state index < -0.39 is 0 Å². The second kappa shape index (κ2) is 3.96. The van der Waals surface area contributed by atoms with Crippen molar-refractivity contribution in [2.75, 3.05) is 6.54 Å². The fourth-order valence-electron chi connectivity index (χ4n) is 0.993. The summed E-state index contributed by atoms with van der Waals surface area (Å²) in [6.45, 7) is 7.25. The van der Waals surface area contributed by atoms with Crippen molar-refractivity contribution in [1.82, 2.24) is 10.7 Å². The van der Waals surface area contributed by atoms with Gasteiger partial charge in [-0.2, -0.15) is 0 Å². The zero-order chi connectivity index (χ0) is 9.90. The smallest absolute Gasteiger partial charge is 0.206 e. The van der Waals surface area contributed by atoms with Crippen LogP contribution in [0, 0.1) is 5.92 Å². The third-order valence-corrected chi connectivity index (χ3v) is 2.17. The van der Waals surface area contributed by atoms with Crippen molar-refractivity contribution in [3.63, 3.8) is 0 Å². The van der Waals surface area contributed by atoms with Gasteiger partial charge in [-0.3, -0.25) is 10.4 Å². The van der Waals surface area contributed by atoms with Gasteiger partial charge in [0.1, 0.15) is 0 Å². The molecule has 0 unspecified atom stereocenters. The van der Waals surface area contributed by atoms with Gasteiger partial charge in [-0.15, -0.1) is 0 Å².